The number of ether oxygens (including phenoxy) is 2. The zero-order valence-corrected chi connectivity index (χ0v) is 13.1. The molecule has 0 aliphatic carbocycles. The van der Waals surface area contributed by atoms with Crippen LogP contribution in [-0.4, -0.2) is 45.8 Å². The lowest BCUT2D eigenvalue weighted by Gasteiger charge is -2.28. The largest absolute Gasteiger partial charge is 0.461 e. The van der Waals surface area contributed by atoms with Crippen LogP contribution in [-0.2, 0) is 4.74 Å². The minimum Gasteiger partial charge on any atom is -0.461 e. The zero-order valence-electron chi connectivity index (χ0n) is 13.1. The van der Waals surface area contributed by atoms with Crippen LogP contribution >= 0.6 is 0 Å². The Kier molecular flexibility index (Phi) is 4.65. The molecule has 1 aliphatic rings. The molecule has 1 atom stereocenters. The van der Waals surface area contributed by atoms with Crippen molar-refractivity contribution in [2.24, 2.45) is 0 Å². The molecular weight excluding hydrogens is 270 g/mol. The first-order chi connectivity index (χ1) is 9.85. The third-order valence-electron chi connectivity index (χ3n) is 3.18. The summed E-state index contributed by atoms with van der Waals surface area (Å²) < 4.78 is 11.0. The van der Waals surface area contributed by atoms with E-state index in [4.69, 9.17) is 9.47 Å². The molecule has 0 spiro atoms. The van der Waals surface area contributed by atoms with Gasteiger partial charge < -0.3 is 14.4 Å². The number of nitrogens with zero attached hydrogens (tertiary/aromatic N) is 3. The molecule has 0 unspecified atom stereocenters. The van der Waals surface area contributed by atoms with E-state index < -0.39 is 5.60 Å². The van der Waals surface area contributed by atoms with E-state index in [0.717, 1.165) is 18.5 Å². The predicted molar refractivity (Wildman–Crippen MR) is 78.2 cm³/mol. The van der Waals surface area contributed by atoms with Gasteiger partial charge in [-0.05, 0) is 46.6 Å². The number of amides is 1. The van der Waals surface area contributed by atoms with Crippen molar-refractivity contribution in [2.75, 3.05) is 13.2 Å². The van der Waals surface area contributed by atoms with Gasteiger partial charge in [-0.25, -0.2) is 14.8 Å². The van der Waals surface area contributed by atoms with Crippen LogP contribution < -0.4 is 4.74 Å². The molecule has 1 saturated heterocycles. The molecule has 0 saturated carbocycles. The maximum atomic E-state index is 12.2. The van der Waals surface area contributed by atoms with Crippen molar-refractivity contribution in [3.8, 4) is 6.01 Å². The smallest absolute Gasteiger partial charge is 0.410 e. The number of hydrogen-bond acceptors (Lipinski definition) is 5. The van der Waals surface area contributed by atoms with Gasteiger partial charge >= 0.3 is 12.1 Å². The van der Waals surface area contributed by atoms with Gasteiger partial charge in [0.25, 0.3) is 0 Å². The quantitative estimate of drug-likeness (QED) is 0.857. The van der Waals surface area contributed by atoms with Gasteiger partial charge in [-0.3, -0.25) is 0 Å². The first-order valence-electron chi connectivity index (χ1n) is 7.27. The standard InChI is InChI=1S/C15H23N3O3/c1-11-7-8-16-13(17-11)20-10-12-6-5-9-18(12)14(19)21-15(2,3)4/h7-8,12H,5-6,9-10H2,1-4H3/t12-/m1/s1. The summed E-state index contributed by atoms with van der Waals surface area (Å²) in [6, 6.07) is 2.19. The van der Waals surface area contributed by atoms with E-state index in [1.807, 2.05) is 33.8 Å². The summed E-state index contributed by atoms with van der Waals surface area (Å²) in [4.78, 5) is 22.1. The topological polar surface area (TPSA) is 64.5 Å². The normalized spacial score (nSPS) is 18.7. The fourth-order valence-electron chi connectivity index (χ4n) is 2.24. The number of likely N-dealkylation sites (tertiary alicyclic amines) is 1. The second kappa shape index (κ2) is 6.28. The number of aryl methyl sites for hydroxylation is 1. The van der Waals surface area contributed by atoms with Crippen LogP contribution in [0.1, 0.15) is 39.3 Å². The predicted octanol–water partition coefficient (Wildman–Crippen LogP) is 2.56. The van der Waals surface area contributed by atoms with E-state index in [0.29, 0.717) is 19.2 Å². The molecule has 0 bridgehead atoms. The SMILES string of the molecule is Cc1ccnc(OC[C@H]2CCCN2C(=O)OC(C)(C)C)n1. The minimum atomic E-state index is -0.481. The number of carbonyl (C=O) groups is 1. The first-order valence-corrected chi connectivity index (χ1v) is 7.27. The molecule has 1 aromatic rings. The molecule has 1 aromatic heterocycles. The molecule has 0 radical (unpaired) electrons. The molecule has 1 fully saturated rings. The summed E-state index contributed by atoms with van der Waals surface area (Å²) in [5, 5.41) is 0. The maximum Gasteiger partial charge on any atom is 0.410 e. The molecule has 2 rings (SSSR count). The van der Waals surface area contributed by atoms with Gasteiger partial charge in [0.05, 0.1) is 6.04 Å². The molecular formula is C15H23N3O3. The zero-order chi connectivity index (χ0) is 15.5. The van der Waals surface area contributed by atoms with Crippen LogP contribution in [0.3, 0.4) is 0 Å². The van der Waals surface area contributed by atoms with Gasteiger partial charge in [-0.15, -0.1) is 0 Å². The lowest BCUT2D eigenvalue weighted by Crippen LogP contribution is -2.42. The summed E-state index contributed by atoms with van der Waals surface area (Å²) in [6.45, 7) is 8.59. The Bertz CT molecular complexity index is 499. The van der Waals surface area contributed by atoms with E-state index in [9.17, 15) is 4.79 Å². The average Bonchev–Trinajstić information content (AvgIpc) is 2.83. The number of hydrogen-bond donors (Lipinski definition) is 0. The maximum absolute atomic E-state index is 12.2. The Morgan fingerprint density at radius 1 is 1.48 bits per heavy atom. The third-order valence-corrected chi connectivity index (χ3v) is 3.18. The summed E-state index contributed by atoms with van der Waals surface area (Å²) in [5.41, 5.74) is 0.375. The van der Waals surface area contributed by atoms with Crippen molar-refractivity contribution >= 4 is 6.09 Å². The fourth-order valence-corrected chi connectivity index (χ4v) is 2.24. The highest BCUT2D eigenvalue weighted by Crippen LogP contribution is 2.21. The Labute approximate surface area is 125 Å². The van der Waals surface area contributed by atoms with E-state index in [2.05, 4.69) is 9.97 Å². The molecule has 116 valence electrons. The average molecular weight is 293 g/mol. The highest BCUT2D eigenvalue weighted by molar-refractivity contribution is 5.68. The van der Waals surface area contributed by atoms with Gasteiger partial charge in [-0.2, -0.15) is 0 Å². The first kappa shape index (κ1) is 15.5. The highest BCUT2D eigenvalue weighted by Gasteiger charge is 2.32. The van der Waals surface area contributed by atoms with Gasteiger partial charge in [-0.1, -0.05) is 0 Å². The molecule has 1 aliphatic heterocycles. The van der Waals surface area contributed by atoms with Crippen molar-refractivity contribution < 1.29 is 14.3 Å². The summed E-state index contributed by atoms with van der Waals surface area (Å²) in [6.07, 6.45) is 3.25. The van der Waals surface area contributed by atoms with Crippen LogP contribution in [0.4, 0.5) is 4.79 Å². The van der Waals surface area contributed by atoms with Crippen LogP contribution in [0.15, 0.2) is 12.3 Å². The van der Waals surface area contributed by atoms with Crippen molar-refractivity contribution in [1.29, 1.82) is 0 Å². The van der Waals surface area contributed by atoms with Crippen molar-refractivity contribution in [2.45, 2.75) is 52.2 Å². The van der Waals surface area contributed by atoms with Crippen molar-refractivity contribution in [3.05, 3.63) is 18.0 Å². The fraction of sp³-hybridized carbons (Fsp3) is 0.667. The summed E-state index contributed by atoms with van der Waals surface area (Å²) in [5.74, 6) is 0. The van der Waals surface area contributed by atoms with E-state index in [1.54, 1.807) is 11.1 Å². The van der Waals surface area contributed by atoms with Crippen molar-refractivity contribution in [3.63, 3.8) is 0 Å². The van der Waals surface area contributed by atoms with E-state index in [1.165, 1.54) is 0 Å². The van der Waals surface area contributed by atoms with Crippen molar-refractivity contribution in [1.82, 2.24) is 14.9 Å². The van der Waals surface area contributed by atoms with Crippen LogP contribution in [0.2, 0.25) is 0 Å². The third kappa shape index (κ3) is 4.58. The number of aromatic nitrogens is 2. The lowest BCUT2D eigenvalue weighted by atomic mass is 10.2. The molecule has 0 N–H and O–H groups in total. The number of carbonyl (C=O) groups excluding carboxylic acids is 1. The molecule has 6 heteroatoms. The molecule has 0 aromatic carbocycles. The van der Waals surface area contributed by atoms with E-state index >= 15 is 0 Å². The molecule has 21 heavy (non-hydrogen) atoms. The Hall–Kier alpha value is -1.85. The molecule has 6 nitrogen and oxygen atoms in total. The second-order valence-electron chi connectivity index (χ2n) is 6.26. The highest BCUT2D eigenvalue weighted by atomic mass is 16.6. The molecule has 1 amide bonds. The Balaban J connectivity index is 1.91. The van der Waals surface area contributed by atoms with Crippen LogP contribution in [0, 0.1) is 6.92 Å². The van der Waals surface area contributed by atoms with Gasteiger partial charge in [0.2, 0.25) is 0 Å². The number of rotatable bonds is 3. The minimum absolute atomic E-state index is 0.0176. The summed E-state index contributed by atoms with van der Waals surface area (Å²) >= 11 is 0. The van der Waals surface area contributed by atoms with Gasteiger partial charge in [0.15, 0.2) is 0 Å². The Morgan fingerprint density at radius 2 is 2.24 bits per heavy atom. The van der Waals surface area contributed by atoms with Gasteiger partial charge in [0, 0.05) is 18.4 Å². The lowest BCUT2D eigenvalue weighted by molar-refractivity contribution is 0.0183. The monoisotopic (exact) mass is 293 g/mol. The van der Waals surface area contributed by atoms with Crippen LogP contribution in [0.25, 0.3) is 0 Å². The molecule has 2 heterocycles. The second-order valence-corrected chi connectivity index (χ2v) is 6.26. The van der Waals surface area contributed by atoms with Gasteiger partial charge in [0.1, 0.15) is 12.2 Å². The van der Waals surface area contributed by atoms with E-state index in [-0.39, 0.29) is 12.1 Å². The van der Waals surface area contributed by atoms with Crippen LogP contribution in [0.5, 0.6) is 6.01 Å². The summed E-state index contributed by atoms with van der Waals surface area (Å²) in [7, 11) is 0. The Morgan fingerprint density at radius 3 is 2.90 bits per heavy atom.